The molecule has 26 heavy (non-hydrogen) atoms. The van der Waals surface area contributed by atoms with E-state index in [4.69, 9.17) is 0 Å². The summed E-state index contributed by atoms with van der Waals surface area (Å²) in [7, 11) is 0. The quantitative estimate of drug-likeness (QED) is 0.872. The van der Waals surface area contributed by atoms with Gasteiger partial charge in [-0.2, -0.15) is 0 Å². The molecule has 1 saturated heterocycles. The summed E-state index contributed by atoms with van der Waals surface area (Å²) in [5.41, 5.74) is 1.59. The number of carbonyl (C=O) groups is 1. The summed E-state index contributed by atoms with van der Waals surface area (Å²) in [4.78, 5) is 14.5. The first-order chi connectivity index (χ1) is 12.5. The van der Waals surface area contributed by atoms with Crippen LogP contribution in [0.1, 0.15) is 41.3 Å². The van der Waals surface area contributed by atoms with Gasteiger partial charge in [-0.05, 0) is 55.1 Å². The summed E-state index contributed by atoms with van der Waals surface area (Å²) in [6, 6.07) is 11.4. The lowest BCUT2D eigenvalue weighted by atomic mass is 9.99. The molecule has 2 aromatic rings. The van der Waals surface area contributed by atoms with Gasteiger partial charge >= 0.3 is 0 Å². The van der Waals surface area contributed by atoms with E-state index in [1.165, 1.54) is 24.5 Å². The molecular weight excluding hydrogens is 334 g/mol. The van der Waals surface area contributed by atoms with Crippen LogP contribution >= 0.6 is 0 Å². The molecule has 0 saturated carbocycles. The summed E-state index contributed by atoms with van der Waals surface area (Å²) >= 11 is 0. The van der Waals surface area contributed by atoms with Crippen molar-refractivity contribution >= 4 is 5.91 Å². The maximum Gasteiger partial charge on any atom is 0.257 e. The van der Waals surface area contributed by atoms with Gasteiger partial charge in [0.15, 0.2) is 0 Å². The molecule has 0 bridgehead atoms. The Bertz CT molecular complexity index is 733. The number of nitrogens with one attached hydrogen (secondary N) is 1. The Hall–Kier alpha value is -2.27. The second-order valence-electron chi connectivity index (χ2n) is 7.05. The fourth-order valence-corrected chi connectivity index (χ4v) is 3.23. The van der Waals surface area contributed by atoms with Crippen molar-refractivity contribution in [2.45, 2.75) is 32.9 Å². The molecule has 1 fully saturated rings. The van der Waals surface area contributed by atoms with Crippen LogP contribution in [0.5, 0.6) is 0 Å². The largest absolute Gasteiger partial charge is 0.348 e. The number of rotatable bonds is 5. The Morgan fingerprint density at radius 1 is 1.04 bits per heavy atom. The number of amides is 1. The monoisotopic (exact) mass is 358 g/mol. The highest BCUT2D eigenvalue weighted by molar-refractivity contribution is 5.94. The Labute approximate surface area is 153 Å². The van der Waals surface area contributed by atoms with Gasteiger partial charge in [0.05, 0.1) is 0 Å². The predicted molar refractivity (Wildman–Crippen MR) is 97.6 cm³/mol. The van der Waals surface area contributed by atoms with Crippen LogP contribution in [0.3, 0.4) is 0 Å². The summed E-state index contributed by atoms with van der Waals surface area (Å²) in [6.07, 6.45) is 2.49. The minimum Gasteiger partial charge on any atom is -0.348 e. The van der Waals surface area contributed by atoms with E-state index in [0.29, 0.717) is 0 Å². The van der Waals surface area contributed by atoms with Gasteiger partial charge in [-0.15, -0.1) is 0 Å². The van der Waals surface area contributed by atoms with E-state index >= 15 is 0 Å². The van der Waals surface area contributed by atoms with Crippen molar-refractivity contribution in [1.82, 2.24) is 10.2 Å². The molecule has 1 N–H and O–H groups in total. The zero-order chi connectivity index (χ0) is 18.5. The molecule has 0 spiro atoms. The molecular formula is C21H24F2N2O. The number of nitrogens with zero attached hydrogens (tertiary/aromatic N) is 1. The highest BCUT2D eigenvalue weighted by atomic mass is 19.1. The SMILES string of the molecule is CC1CCN(Cc2ccc(CNC(=O)c3c(F)cccc3F)cc2)CC1. The van der Waals surface area contributed by atoms with Crippen LogP contribution in [0, 0.1) is 17.6 Å². The molecule has 3 nitrogen and oxygen atoms in total. The number of likely N-dealkylation sites (tertiary alicyclic amines) is 1. The Morgan fingerprint density at radius 2 is 1.62 bits per heavy atom. The second-order valence-corrected chi connectivity index (χ2v) is 7.05. The fraction of sp³-hybridized carbons (Fsp3) is 0.381. The van der Waals surface area contributed by atoms with Crippen molar-refractivity contribution in [1.29, 1.82) is 0 Å². The van der Waals surface area contributed by atoms with Crippen molar-refractivity contribution in [3.8, 4) is 0 Å². The van der Waals surface area contributed by atoms with E-state index in [1.54, 1.807) is 0 Å². The van der Waals surface area contributed by atoms with Crippen molar-refractivity contribution in [3.63, 3.8) is 0 Å². The fourth-order valence-electron chi connectivity index (χ4n) is 3.23. The van der Waals surface area contributed by atoms with Crippen LogP contribution in [-0.2, 0) is 13.1 Å². The van der Waals surface area contributed by atoms with Gasteiger partial charge in [-0.3, -0.25) is 9.69 Å². The van der Waals surface area contributed by atoms with Crippen LogP contribution in [0.4, 0.5) is 8.78 Å². The highest BCUT2D eigenvalue weighted by Crippen LogP contribution is 2.18. The first kappa shape index (κ1) is 18.5. The third kappa shape index (κ3) is 4.67. The van der Waals surface area contributed by atoms with Gasteiger partial charge in [-0.1, -0.05) is 37.3 Å². The Kier molecular flexibility index (Phi) is 5.99. The summed E-state index contributed by atoms with van der Waals surface area (Å²) < 4.78 is 27.2. The third-order valence-electron chi connectivity index (χ3n) is 4.95. The average molecular weight is 358 g/mol. The lowest BCUT2D eigenvalue weighted by molar-refractivity contribution is 0.0942. The minimum absolute atomic E-state index is 0.230. The number of carbonyl (C=O) groups excluding carboxylic acids is 1. The summed E-state index contributed by atoms with van der Waals surface area (Å²) in [5, 5.41) is 2.57. The standard InChI is InChI=1S/C21H24F2N2O/c1-15-9-11-25(12-10-15)14-17-7-5-16(6-8-17)13-24-21(26)20-18(22)3-2-4-19(20)23/h2-8,15H,9-14H2,1H3,(H,24,26). The molecule has 0 atom stereocenters. The van der Waals surface area contributed by atoms with Gasteiger partial charge in [0, 0.05) is 13.1 Å². The molecule has 1 aliphatic heterocycles. The predicted octanol–water partition coefficient (Wildman–Crippen LogP) is 4.13. The number of hydrogen-bond acceptors (Lipinski definition) is 2. The van der Waals surface area contributed by atoms with Gasteiger partial charge in [0.1, 0.15) is 17.2 Å². The molecule has 0 unspecified atom stereocenters. The van der Waals surface area contributed by atoms with E-state index < -0.39 is 23.1 Å². The molecule has 1 amide bonds. The minimum atomic E-state index is -0.853. The zero-order valence-electron chi connectivity index (χ0n) is 15.0. The van der Waals surface area contributed by atoms with Crippen LogP contribution in [0.15, 0.2) is 42.5 Å². The van der Waals surface area contributed by atoms with E-state index in [-0.39, 0.29) is 6.54 Å². The number of hydrogen-bond donors (Lipinski definition) is 1. The maximum atomic E-state index is 13.6. The lowest BCUT2D eigenvalue weighted by Crippen LogP contribution is -2.32. The van der Waals surface area contributed by atoms with Crippen molar-refractivity contribution < 1.29 is 13.6 Å². The third-order valence-corrected chi connectivity index (χ3v) is 4.95. The molecule has 1 aliphatic rings. The van der Waals surface area contributed by atoms with E-state index in [2.05, 4.69) is 17.1 Å². The van der Waals surface area contributed by atoms with Crippen molar-refractivity contribution in [2.75, 3.05) is 13.1 Å². The van der Waals surface area contributed by atoms with Crippen molar-refractivity contribution in [2.24, 2.45) is 5.92 Å². The normalized spacial score (nSPS) is 15.8. The lowest BCUT2D eigenvalue weighted by Gasteiger charge is -2.30. The van der Waals surface area contributed by atoms with E-state index in [9.17, 15) is 13.6 Å². The van der Waals surface area contributed by atoms with Gasteiger partial charge < -0.3 is 5.32 Å². The van der Waals surface area contributed by atoms with Gasteiger partial charge in [0.2, 0.25) is 0 Å². The first-order valence-corrected chi connectivity index (χ1v) is 9.05. The number of piperidine rings is 1. The molecule has 0 aliphatic carbocycles. The average Bonchev–Trinajstić information content (AvgIpc) is 2.63. The number of halogens is 2. The molecule has 2 aromatic carbocycles. The van der Waals surface area contributed by atoms with E-state index in [0.717, 1.165) is 43.2 Å². The van der Waals surface area contributed by atoms with Crippen LogP contribution in [0.2, 0.25) is 0 Å². The van der Waals surface area contributed by atoms with Crippen LogP contribution in [-0.4, -0.2) is 23.9 Å². The van der Waals surface area contributed by atoms with Crippen LogP contribution < -0.4 is 5.32 Å². The molecule has 3 rings (SSSR count). The second kappa shape index (κ2) is 8.41. The Morgan fingerprint density at radius 3 is 2.23 bits per heavy atom. The van der Waals surface area contributed by atoms with Crippen LogP contribution in [0.25, 0.3) is 0 Å². The first-order valence-electron chi connectivity index (χ1n) is 9.05. The smallest absolute Gasteiger partial charge is 0.257 e. The summed E-state index contributed by atoms with van der Waals surface area (Å²) in [5.74, 6) is -1.63. The molecule has 0 aromatic heterocycles. The maximum absolute atomic E-state index is 13.6. The topological polar surface area (TPSA) is 32.3 Å². The summed E-state index contributed by atoms with van der Waals surface area (Å²) in [6.45, 7) is 5.72. The zero-order valence-corrected chi connectivity index (χ0v) is 15.0. The molecule has 138 valence electrons. The molecule has 5 heteroatoms. The highest BCUT2D eigenvalue weighted by Gasteiger charge is 2.17. The molecule has 0 radical (unpaired) electrons. The molecule has 1 heterocycles. The van der Waals surface area contributed by atoms with Crippen molar-refractivity contribution in [3.05, 3.63) is 70.8 Å². The van der Waals surface area contributed by atoms with E-state index in [1.807, 2.05) is 24.3 Å². The van der Waals surface area contributed by atoms with Gasteiger partial charge in [-0.25, -0.2) is 8.78 Å². The Balaban J connectivity index is 1.54. The van der Waals surface area contributed by atoms with Gasteiger partial charge in [0.25, 0.3) is 5.91 Å². The number of benzene rings is 2.